The molecule has 2 rings (SSSR count). The van der Waals surface area contributed by atoms with E-state index in [1.807, 2.05) is 13.8 Å². The molecule has 1 atom stereocenters. The predicted octanol–water partition coefficient (Wildman–Crippen LogP) is 1.45. The summed E-state index contributed by atoms with van der Waals surface area (Å²) in [5.41, 5.74) is 0. The summed E-state index contributed by atoms with van der Waals surface area (Å²) in [5.74, 6) is 1.54. The van der Waals surface area contributed by atoms with Crippen molar-refractivity contribution in [2.75, 3.05) is 11.9 Å². The van der Waals surface area contributed by atoms with Crippen LogP contribution in [-0.2, 0) is 0 Å². The normalized spacial score (nSPS) is 16.9. The van der Waals surface area contributed by atoms with Gasteiger partial charge in [-0.1, -0.05) is 0 Å². The fourth-order valence-electron chi connectivity index (χ4n) is 1.60. The van der Waals surface area contributed by atoms with Gasteiger partial charge >= 0.3 is 0 Å². The maximum absolute atomic E-state index is 9.77. The number of rotatable bonds is 6. The van der Waals surface area contributed by atoms with Crippen molar-refractivity contribution in [1.29, 1.82) is 0 Å². The molecule has 1 heterocycles. The average Bonchev–Trinajstić information content (AvgIpc) is 3.10. The molecule has 0 aromatic carbocycles. The van der Waals surface area contributed by atoms with Crippen LogP contribution in [0, 0.1) is 5.92 Å². The molecule has 1 aliphatic carbocycles. The van der Waals surface area contributed by atoms with Crippen LogP contribution < -0.4 is 10.1 Å². The molecule has 1 aliphatic rings. The Bertz CT molecular complexity index is 367. The second kappa shape index (κ2) is 5.31. The first kappa shape index (κ1) is 12.1. The fourth-order valence-corrected chi connectivity index (χ4v) is 1.60. The van der Waals surface area contributed by atoms with Crippen LogP contribution in [-0.4, -0.2) is 33.8 Å². The van der Waals surface area contributed by atoms with Gasteiger partial charge in [0, 0.05) is 18.9 Å². The summed E-state index contributed by atoms with van der Waals surface area (Å²) in [5, 5.41) is 12.9. The van der Waals surface area contributed by atoms with Crippen molar-refractivity contribution in [3.8, 4) is 5.88 Å². The minimum absolute atomic E-state index is 0.0561. The van der Waals surface area contributed by atoms with Crippen molar-refractivity contribution in [3.05, 3.63) is 12.4 Å². The molecule has 2 N–H and O–H groups in total. The van der Waals surface area contributed by atoms with Crippen LogP contribution in [0.15, 0.2) is 12.4 Å². The predicted molar refractivity (Wildman–Crippen MR) is 65.0 cm³/mol. The first-order valence-corrected chi connectivity index (χ1v) is 6.06. The van der Waals surface area contributed by atoms with Gasteiger partial charge in [-0.05, 0) is 32.6 Å². The molecule has 0 radical (unpaired) electrons. The van der Waals surface area contributed by atoms with E-state index in [-0.39, 0.29) is 12.2 Å². The van der Waals surface area contributed by atoms with Crippen LogP contribution in [0.2, 0.25) is 0 Å². The van der Waals surface area contributed by atoms with Gasteiger partial charge in [-0.15, -0.1) is 0 Å². The van der Waals surface area contributed by atoms with E-state index >= 15 is 0 Å². The van der Waals surface area contributed by atoms with Crippen molar-refractivity contribution in [3.63, 3.8) is 0 Å². The maximum Gasteiger partial charge on any atom is 0.257 e. The Labute approximate surface area is 101 Å². The lowest BCUT2D eigenvalue weighted by atomic mass is 10.2. The molecule has 17 heavy (non-hydrogen) atoms. The molecule has 1 aromatic heterocycles. The Morgan fingerprint density at radius 2 is 2.12 bits per heavy atom. The molecule has 1 saturated carbocycles. The summed E-state index contributed by atoms with van der Waals surface area (Å²) in [6.07, 6.45) is 5.21. The van der Waals surface area contributed by atoms with E-state index in [2.05, 4.69) is 15.3 Å². The highest BCUT2D eigenvalue weighted by molar-refractivity contribution is 5.44. The summed E-state index contributed by atoms with van der Waals surface area (Å²) in [6, 6.07) is 0. The third-order valence-electron chi connectivity index (χ3n) is 2.66. The first-order chi connectivity index (χ1) is 8.16. The van der Waals surface area contributed by atoms with E-state index in [1.54, 1.807) is 12.4 Å². The van der Waals surface area contributed by atoms with Crippen molar-refractivity contribution >= 4 is 5.82 Å². The number of ether oxygens (including phenoxy) is 1. The highest BCUT2D eigenvalue weighted by atomic mass is 16.5. The molecule has 0 saturated heterocycles. The van der Waals surface area contributed by atoms with Crippen LogP contribution in [0.3, 0.4) is 0 Å². The van der Waals surface area contributed by atoms with Crippen molar-refractivity contribution in [1.82, 2.24) is 9.97 Å². The lowest BCUT2D eigenvalue weighted by Crippen LogP contribution is -2.22. The van der Waals surface area contributed by atoms with Crippen LogP contribution in [0.1, 0.15) is 26.7 Å². The standard InChI is InChI=1S/C12H19N3O2/c1-8(2)17-12-11(13-5-6-14-12)15-7-10(16)9-3-4-9/h5-6,8-10,16H,3-4,7H2,1-2H3,(H,13,15). The lowest BCUT2D eigenvalue weighted by molar-refractivity contribution is 0.164. The second-order valence-corrected chi connectivity index (χ2v) is 4.66. The summed E-state index contributed by atoms with van der Waals surface area (Å²) >= 11 is 0. The van der Waals surface area contributed by atoms with E-state index in [9.17, 15) is 5.11 Å². The molecule has 0 aliphatic heterocycles. The number of hydrogen-bond acceptors (Lipinski definition) is 5. The SMILES string of the molecule is CC(C)Oc1nccnc1NCC(O)C1CC1. The number of aliphatic hydroxyl groups excluding tert-OH is 1. The monoisotopic (exact) mass is 237 g/mol. The smallest absolute Gasteiger partial charge is 0.257 e. The fraction of sp³-hybridized carbons (Fsp3) is 0.667. The zero-order valence-corrected chi connectivity index (χ0v) is 10.3. The number of aromatic nitrogens is 2. The van der Waals surface area contributed by atoms with Gasteiger partial charge < -0.3 is 15.2 Å². The molecule has 1 unspecified atom stereocenters. The molecule has 0 amide bonds. The van der Waals surface area contributed by atoms with E-state index in [0.717, 1.165) is 12.8 Å². The van der Waals surface area contributed by atoms with Gasteiger partial charge in [0.25, 0.3) is 5.88 Å². The Hall–Kier alpha value is -1.36. The van der Waals surface area contributed by atoms with Gasteiger partial charge in [-0.2, -0.15) is 0 Å². The first-order valence-electron chi connectivity index (χ1n) is 6.06. The molecule has 5 heteroatoms. The van der Waals surface area contributed by atoms with Crippen LogP contribution in [0.5, 0.6) is 5.88 Å². The minimum Gasteiger partial charge on any atom is -0.472 e. The van der Waals surface area contributed by atoms with Gasteiger partial charge in [0.05, 0.1) is 12.2 Å². The van der Waals surface area contributed by atoms with Crippen LogP contribution in [0.4, 0.5) is 5.82 Å². The summed E-state index contributed by atoms with van der Waals surface area (Å²) < 4.78 is 5.54. The van der Waals surface area contributed by atoms with Crippen LogP contribution in [0.25, 0.3) is 0 Å². The summed E-state index contributed by atoms with van der Waals surface area (Å²) in [6.45, 7) is 4.38. The molecular formula is C12H19N3O2. The Morgan fingerprint density at radius 1 is 1.41 bits per heavy atom. The van der Waals surface area contributed by atoms with Crippen molar-refractivity contribution in [2.24, 2.45) is 5.92 Å². The van der Waals surface area contributed by atoms with Crippen molar-refractivity contribution in [2.45, 2.75) is 38.9 Å². The highest BCUT2D eigenvalue weighted by Gasteiger charge is 2.29. The van der Waals surface area contributed by atoms with Gasteiger partial charge in [0.2, 0.25) is 0 Å². The molecule has 0 spiro atoms. The summed E-state index contributed by atoms with van der Waals surface area (Å²) in [7, 11) is 0. The third kappa shape index (κ3) is 3.56. The minimum atomic E-state index is -0.302. The highest BCUT2D eigenvalue weighted by Crippen LogP contribution is 2.32. The molecule has 5 nitrogen and oxygen atoms in total. The van der Waals surface area contributed by atoms with Crippen molar-refractivity contribution < 1.29 is 9.84 Å². The zero-order valence-electron chi connectivity index (χ0n) is 10.3. The largest absolute Gasteiger partial charge is 0.472 e. The van der Waals surface area contributed by atoms with Crippen LogP contribution >= 0.6 is 0 Å². The number of hydrogen-bond donors (Lipinski definition) is 2. The van der Waals surface area contributed by atoms with E-state index in [4.69, 9.17) is 4.74 Å². The van der Waals surface area contributed by atoms with Gasteiger partial charge in [0.15, 0.2) is 5.82 Å². The Morgan fingerprint density at radius 3 is 2.76 bits per heavy atom. The quantitative estimate of drug-likeness (QED) is 0.783. The van der Waals surface area contributed by atoms with E-state index < -0.39 is 0 Å². The molecule has 1 aromatic rings. The summed E-state index contributed by atoms with van der Waals surface area (Å²) in [4.78, 5) is 8.30. The molecule has 0 bridgehead atoms. The van der Waals surface area contributed by atoms with E-state index in [1.165, 1.54) is 0 Å². The third-order valence-corrected chi connectivity index (χ3v) is 2.66. The number of nitrogens with zero attached hydrogens (tertiary/aromatic N) is 2. The zero-order chi connectivity index (χ0) is 12.3. The lowest BCUT2D eigenvalue weighted by Gasteiger charge is -2.15. The number of aliphatic hydroxyl groups is 1. The van der Waals surface area contributed by atoms with Gasteiger partial charge in [-0.3, -0.25) is 0 Å². The maximum atomic E-state index is 9.77. The number of nitrogens with one attached hydrogen (secondary N) is 1. The van der Waals surface area contributed by atoms with Gasteiger partial charge in [-0.25, -0.2) is 9.97 Å². The Balaban J connectivity index is 1.93. The number of anilines is 1. The molecule has 94 valence electrons. The van der Waals surface area contributed by atoms with E-state index in [0.29, 0.717) is 24.2 Å². The van der Waals surface area contributed by atoms with Gasteiger partial charge in [0.1, 0.15) is 0 Å². The molecule has 1 fully saturated rings. The molecular weight excluding hydrogens is 218 g/mol. The Kier molecular flexibility index (Phi) is 3.78. The topological polar surface area (TPSA) is 67.3 Å². The second-order valence-electron chi connectivity index (χ2n) is 4.66. The average molecular weight is 237 g/mol.